The average molecular weight is 297 g/mol. The Morgan fingerprint density at radius 2 is 1.79 bits per heavy atom. The van der Waals surface area contributed by atoms with Crippen LogP contribution in [0.4, 0.5) is 0 Å². The molecule has 0 unspecified atom stereocenters. The van der Waals surface area contributed by atoms with E-state index in [-0.39, 0.29) is 12.3 Å². The van der Waals surface area contributed by atoms with Gasteiger partial charge in [-0.2, -0.15) is 4.31 Å². The molecule has 0 aliphatic carbocycles. The second-order valence-electron chi connectivity index (χ2n) is 4.29. The van der Waals surface area contributed by atoms with Crippen molar-refractivity contribution in [3.05, 3.63) is 46.8 Å². The molecule has 1 heterocycles. The summed E-state index contributed by atoms with van der Waals surface area (Å²) >= 11 is 1.27. The van der Waals surface area contributed by atoms with Crippen molar-refractivity contribution in [2.75, 3.05) is 7.05 Å². The maximum Gasteiger partial charge on any atom is 0.252 e. The van der Waals surface area contributed by atoms with Crippen LogP contribution in [-0.4, -0.2) is 24.9 Å². The lowest BCUT2D eigenvalue weighted by Gasteiger charge is -2.16. The van der Waals surface area contributed by atoms with Crippen molar-refractivity contribution in [3.63, 3.8) is 0 Å². The van der Waals surface area contributed by atoms with E-state index in [1.807, 2.05) is 6.92 Å². The highest BCUT2D eigenvalue weighted by molar-refractivity contribution is 7.91. The van der Waals surface area contributed by atoms with Gasteiger partial charge in [0.25, 0.3) is 10.0 Å². The number of hydrogen-bond donors (Lipinski definition) is 1. The van der Waals surface area contributed by atoms with Crippen LogP contribution in [0.3, 0.4) is 0 Å². The second kappa shape index (κ2) is 5.32. The quantitative estimate of drug-likeness (QED) is 0.943. The number of rotatable bonds is 4. The van der Waals surface area contributed by atoms with Gasteiger partial charge in [-0.05, 0) is 36.8 Å². The predicted molar refractivity (Wildman–Crippen MR) is 75.8 cm³/mol. The molecule has 0 saturated heterocycles. The van der Waals surface area contributed by atoms with Gasteiger partial charge in [0.05, 0.1) is 0 Å². The number of thiophene rings is 1. The van der Waals surface area contributed by atoms with Crippen LogP contribution >= 0.6 is 11.3 Å². The summed E-state index contributed by atoms with van der Waals surface area (Å²) in [5.74, 6) is 0.170. The summed E-state index contributed by atoms with van der Waals surface area (Å²) in [5.41, 5.74) is 0.831. The first-order chi connectivity index (χ1) is 8.89. The Kier molecular flexibility index (Phi) is 3.93. The third-order valence-electron chi connectivity index (χ3n) is 2.72. The minimum Gasteiger partial charge on any atom is -0.508 e. The molecule has 0 fully saturated rings. The van der Waals surface area contributed by atoms with Gasteiger partial charge >= 0.3 is 0 Å². The molecule has 0 radical (unpaired) electrons. The van der Waals surface area contributed by atoms with Crippen molar-refractivity contribution in [1.82, 2.24) is 4.31 Å². The monoisotopic (exact) mass is 297 g/mol. The molecule has 102 valence electrons. The molecule has 0 aliphatic heterocycles. The summed E-state index contributed by atoms with van der Waals surface area (Å²) < 4.78 is 26.3. The molecular weight excluding hydrogens is 282 g/mol. The molecule has 1 aromatic heterocycles. The van der Waals surface area contributed by atoms with Gasteiger partial charge in [-0.1, -0.05) is 12.1 Å². The number of sulfonamides is 1. The lowest BCUT2D eigenvalue weighted by molar-refractivity contribution is 0.465. The first-order valence-electron chi connectivity index (χ1n) is 5.70. The van der Waals surface area contributed by atoms with Crippen molar-refractivity contribution in [2.24, 2.45) is 0 Å². The first kappa shape index (κ1) is 14.0. The lowest BCUT2D eigenvalue weighted by atomic mass is 10.2. The number of phenols is 1. The summed E-state index contributed by atoms with van der Waals surface area (Å²) in [4.78, 5) is 0.969. The highest BCUT2D eigenvalue weighted by Gasteiger charge is 2.22. The van der Waals surface area contributed by atoms with Gasteiger partial charge < -0.3 is 5.11 Å². The maximum atomic E-state index is 12.3. The van der Waals surface area contributed by atoms with Crippen molar-refractivity contribution < 1.29 is 13.5 Å². The molecule has 4 nitrogen and oxygen atoms in total. The topological polar surface area (TPSA) is 57.6 Å². The van der Waals surface area contributed by atoms with Crippen LogP contribution in [-0.2, 0) is 16.6 Å². The van der Waals surface area contributed by atoms with E-state index in [1.54, 1.807) is 43.4 Å². The van der Waals surface area contributed by atoms with Gasteiger partial charge in [0.2, 0.25) is 0 Å². The predicted octanol–water partition coefficient (Wildman–Crippen LogP) is 2.58. The van der Waals surface area contributed by atoms with Gasteiger partial charge in [-0.25, -0.2) is 8.42 Å². The van der Waals surface area contributed by atoms with Crippen molar-refractivity contribution in [2.45, 2.75) is 17.7 Å². The number of hydrogen-bond acceptors (Lipinski definition) is 4. The summed E-state index contributed by atoms with van der Waals surface area (Å²) in [6, 6.07) is 9.94. The van der Waals surface area contributed by atoms with Gasteiger partial charge in [0.1, 0.15) is 9.96 Å². The van der Waals surface area contributed by atoms with Gasteiger partial charge in [-0.3, -0.25) is 0 Å². The third-order valence-corrected chi connectivity index (χ3v) is 5.99. The van der Waals surface area contributed by atoms with E-state index in [2.05, 4.69) is 0 Å². The minimum absolute atomic E-state index is 0.170. The molecule has 0 bridgehead atoms. The number of aromatic hydroxyl groups is 1. The summed E-state index contributed by atoms with van der Waals surface area (Å²) in [5, 5.41) is 9.20. The Morgan fingerprint density at radius 3 is 2.32 bits per heavy atom. The Morgan fingerprint density at radius 1 is 1.16 bits per heavy atom. The molecular formula is C13H15NO3S2. The third kappa shape index (κ3) is 3.15. The molecule has 0 spiro atoms. The number of benzene rings is 1. The summed E-state index contributed by atoms with van der Waals surface area (Å²) in [7, 11) is -1.88. The highest BCUT2D eigenvalue weighted by Crippen LogP contribution is 2.24. The van der Waals surface area contributed by atoms with E-state index in [1.165, 1.54) is 15.6 Å². The van der Waals surface area contributed by atoms with Crippen molar-refractivity contribution in [3.8, 4) is 5.75 Å². The van der Waals surface area contributed by atoms with E-state index in [9.17, 15) is 13.5 Å². The molecule has 6 heteroatoms. The molecule has 19 heavy (non-hydrogen) atoms. The molecule has 1 N–H and O–H groups in total. The minimum atomic E-state index is -3.44. The second-order valence-corrected chi connectivity index (χ2v) is 7.85. The van der Waals surface area contributed by atoms with E-state index < -0.39 is 10.0 Å². The Labute approximate surface area is 117 Å². The molecule has 1 aromatic carbocycles. The van der Waals surface area contributed by atoms with Crippen LogP contribution in [0.5, 0.6) is 5.75 Å². The Balaban J connectivity index is 2.19. The Hall–Kier alpha value is -1.37. The number of nitrogens with zero attached hydrogens (tertiary/aromatic N) is 1. The maximum absolute atomic E-state index is 12.3. The van der Waals surface area contributed by atoms with Crippen LogP contribution in [0.25, 0.3) is 0 Å². The smallest absolute Gasteiger partial charge is 0.252 e. The Bertz CT molecular complexity index is 659. The standard InChI is InChI=1S/C13H15NO3S2/c1-10-3-8-13(18-10)19(16,17)14(2)9-11-4-6-12(15)7-5-11/h3-8,15H,9H2,1-2H3. The van der Waals surface area contributed by atoms with Gasteiger partial charge in [0.15, 0.2) is 0 Å². The molecule has 0 atom stereocenters. The molecule has 2 rings (SSSR count). The van der Waals surface area contributed by atoms with Crippen LogP contribution in [0, 0.1) is 6.92 Å². The molecule has 0 amide bonds. The van der Waals surface area contributed by atoms with Crippen LogP contribution in [0.1, 0.15) is 10.4 Å². The zero-order valence-corrected chi connectivity index (χ0v) is 12.3. The van der Waals surface area contributed by atoms with E-state index >= 15 is 0 Å². The SMILES string of the molecule is Cc1ccc(S(=O)(=O)N(C)Cc2ccc(O)cc2)s1. The zero-order valence-electron chi connectivity index (χ0n) is 10.7. The van der Waals surface area contributed by atoms with Crippen molar-refractivity contribution >= 4 is 21.4 Å². The first-order valence-corrected chi connectivity index (χ1v) is 7.96. The highest BCUT2D eigenvalue weighted by atomic mass is 32.2. The van der Waals surface area contributed by atoms with E-state index in [0.29, 0.717) is 4.21 Å². The fraction of sp³-hybridized carbons (Fsp3) is 0.231. The van der Waals surface area contributed by atoms with Crippen LogP contribution in [0.2, 0.25) is 0 Å². The van der Waals surface area contributed by atoms with Crippen LogP contribution < -0.4 is 0 Å². The summed E-state index contributed by atoms with van der Waals surface area (Å²) in [6.45, 7) is 2.16. The fourth-order valence-electron chi connectivity index (χ4n) is 1.65. The molecule has 0 aliphatic rings. The van der Waals surface area contributed by atoms with Crippen molar-refractivity contribution in [1.29, 1.82) is 0 Å². The van der Waals surface area contributed by atoms with Gasteiger partial charge in [0, 0.05) is 18.5 Å². The van der Waals surface area contributed by atoms with Crippen LogP contribution in [0.15, 0.2) is 40.6 Å². The van der Waals surface area contributed by atoms with Gasteiger partial charge in [-0.15, -0.1) is 11.3 Å². The number of phenolic OH excluding ortho intramolecular Hbond substituents is 1. The largest absolute Gasteiger partial charge is 0.508 e. The normalized spacial score (nSPS) is 11.9. The fourth-order valence-corrected chi connectivity index (χ4v) is 4.30. The van der Waals surface area contributed by atoms with E-state index in [0.717, 1.165) is 10.4 Å². The summed E-state index contributed by atoms with van der Waals surface area (Å²) in [6.07, 6.45) is 0. The molecule has 2 aromatic rings. The average Bonchev–Trinajstić information content (AvgIpc) is 2.79. The lowest BCUT2D eigenvalue weighted by Crippen LogP contribution is -2.25. The molecule has 0 saturated carbocycles. The number of aryl methyl sites for hydroxylation is 1. The zero-order chi connectivity index (χ0) is 14.0. The van der Waals surface area contributed by atoms with E-state index in [4.69, 9.17) is 0 Å².